The monoisotopic (exact) mass is 882 g/mol. The minimum Gasteiger partial charge on any atom is -1.00 e. The van der Waals surface area contributed by atoms with Crippen molar-refractivity contribution in [2.75, 3.05) is 14.2 Å². The fourth-order valence-electron chi connectivity index (χ4n) is 9.03. The number of rotatable bonds is 10. The van der Waals surface area contributed by atoms with Crippen LogP contribution in [0, 0.1) is 11.8 Å². The molecule has 56 heavy (non-hydrogen) atoms. The van der Waals surface area contributed by atoms with Gasteiger partial charge in [0.25, 0.3) is 0 Å². The predicted octanol–water partition coefficient (Wildman–Crippen LogP) is 6.60. The molecule has 0 saturated heterocycles. The fraction of sp³-hybridized carbons (Fsp3) is 0.400. The Morgan fingerprint density at radius 3 is 1.16 bits per heavy atom. The molecule has 0 heterocycles. The standard InChI is InChI=1S/C50H62O2Si.2ClH.Zr/c1-31(2)25-37-27-35-29-39(49(5,6)7)45(51-11)41(33-21-17-15-18-22-33)43(35)47(37)53(13,14)48-38(26-32(3)4)28-36-30-40(50(8,9)10)46(52-12)42(44(36)48)34-23-19-16-20-24-34;;;/h15-24,27-32H,25-26H2,1-14H3;2*1H;/q-2;;;+4/p-2. The van der Waals surface area contributed by atoms with Crippen LogP contribution in [0.4, 0.5) is 0 Å². The zero-order valence-electron chi connectivity index (χ0n) is 36.2. The van der Waals surface area contributed by atoms with Crippen molar-refractivity contribution < 1.29 is 60.5 Å². The van der Waals surface area contributed by atoms with Crippen LogP contribution in [0.1, 0.15) is 91.5 Å². The Bertz CT molecular complexity index is 2090. The van der Waals surface area contributed by atoms with Gasteiger partial charge in [-0.25, -0.2) is 0 Å². The molecule has 6 heteroatoms. The van der Waals surface area contributed by atoms with E-state index in [1.165, 1.54) is 66.1 Å². The second-order valence-corrected chi connectivity index (χ2v) is 23.0. The number of hydrogen-bond donors (Lipinski definition) is 0. The normalized spacial score (nSPS) is 12.1. The summed E-state index contributed by atoms with van der Waals surface area (Å²) in [4.78, 5) is 0. The Hall–Kier alpha value is -2.62. The minimum absolute atomic E-state index is 0. The van der Waals surface area contributed by atoms with Crippen molar-refractivity contribution >= 4 is 40.0 Å². The number of benzene rings is 4. The number of halogens is 2. The van der Waals surface area contributed by atoms with Crippen molar-refractivity contribution in [2.24, 2.45) is 11.8 Å². The third kappa shape index (κ3) is 8.85. The van der Waals surface area contributed by atoms with Gasteiger partial charge in [-0.3, -0.25) is 0 Å². The second-order valence-electron chi connectivity index (χ2n) is 18.7. The van der Waals surface area contributed by atoms with Gasteiger partial charge in [0.05, 0.1) is 14.2 Å². The van der Waals surface area contributed by atoms with Crippen molar-refractivity contribution in [3.8, 4) is 33.8 Å². The third-order valence-corrected chi connectivity index (χ3v) is 14.7. The average molecular weight is 885 g/mol. The van der Waals surface area contributed by atoms with Crippen LogP contribution in [0.5, 0.6) is 11.5 Å². The summed E-state index contributed by atoms with van der Waals surface area (Å²) in [7, 11) is 1.18. The number of methoxy groups -OCH3 is 2. The molecule has 0 N–H and O–H groups in total. The van der Waals surface area contributed by atoms with E-state index in [1.807, 2.05) is 14.2 Å². The third-order valence-electron chi connectivity index (χ3n) is 11.1. The summed E-state index contributed by atoms with van der Waals surface area (Å²) in [5.74, 6) is 3.03. The molecule has 296 valence electrons. The summed E-state index contributed by atoms with van der Waals surface area (Å²) < 4.78 is 13.0. The first-order chi connectivity index (χ1) is 24.9. The maximum Gasteiger partial charge on any atom is 4.00 e. The molecule has 0 spiro atoms. The molecule has 0 unspecified atom stereocenters. The molecule has 6 aromatic rings. The Morgan fingerprint density at radius 2 is 0.893 bits per heavy atom. The van der Waals surface area contributed by atoms with Gasteiger partial charge in [0.15, 0.2) is 0 Å². The summed E-state index contributed by atoms with van der Waals surface area (Å²) in [5.41, 5.74) is 10.2. The molecule has 0 saturated carbocycles. The van der Waals surface area contributed by atoms with E-state index >= 15 is 0 Å². The van der Waals surface area contributed by atoms with E-state index in [0.29, 0.717) is 11.8 Å². The van der Waals surface area contributed by atoms with Gasteiger partial charge in [0.1, 0.15) is 11.5 Å². The molecule has 6 aromatic carbocycles. The van der Waals surface area contributed by atoms with Crippen LogP contribution in [-0.4, -0.2) is 22.3 Å². The quantitative estimate of drug-likeness (QED) is 0.114. The Morgan fingerprint density at radius 1 is 0.571 bits per heavy atom. The van der Waals surface area contributed by atoms with E-state index in [-0.39, 0.29) is 61.8 Å². The van der Waals surface area contributed by atoms with Crippen LogP contribution < -0.4 is 44.7 Å². The van der Waals surface area contributed by atoms with Crippen LogP contribution in [0.2, 0.25) is 13.1 Å². The van der Waals surface area contributed by atoms with Gasteiger partial charge >= 0.3 is 26.2 Å². The van der Waals surface area contributed by atoms with E-state index in [4.69, 9.17) is 9.47 Å². The molecule has 0 radical (unpaired) electrons. The predicted molar refractivity (Wildman–Crippen MR) is 234 cm³/mol. The van der Waals surface area contributed by atoms with Crippen LogP contribution in [0.15, 0.2) is 84.9 Å². The number of fused-ring (bicyclic) bond motifs is 2. The van der Waals surface area contributed by atoms with Gasteiger partial charge in [0, 0.05) is 8.07 Å². The molecule has 0 aliphatic heterocycles. The van der Waals surface area contributed by atoms with Crippen molar-refractivity contribution in [1.29, 1.82) is 0 Å². The summed E-state index contributed by atoms with van der Waals surface area (Å²) >= 11 is 0. The number of ether oxygens (including phenoxy) is 2. The Labute approximate surface area is 370 Å². The first-order valence-electron chi connectivity index (χ1n) is 19.7. The Kier molecular flexibility index (Phi) is 15.4. The van der Waals surface area contributed by atoms with Gasteiger partial charge in [-0.1, -0.05) is 143 Å². The van der Waals surface area contributed by atoms with E-state index in [1.54, 1.807) is 10.4 Å². The van der Waals surface area contributed by atoms with Crippen molar-refractivity contribution in [1.82, 2.24) is 0 Å². The van der Waals surface area contributed by atoms with Crippen molar-refractivity contribution in [3.05, 3.63) is 107 Å². The van der Waals surface area contributed by atoms with Gasteiger partial charge in [-0.15, -0.1) is 56.9 Å². The van der Waals surface area contributed by atoms with Crippen LogP contribution >= 0.6 is 0 Å². The van der Waals surface area contributed by atoms with Gasteiger partial charge < -0.3 is 34.3 Å². The molecule has 0 bridgehead atoms. The first-order valence-corrected chi connectivity index (χ1v) is 22.7. The summed E-state index contributed by atoms with van der Waals surface area (Å²) in [6.45, 7) is 28.6. The fourth-order valence-corrected chi connectivity index (χ4v) is 13.0. The Balaban J connectivity index is 0.00000280. The van der Waals surface area contributed by atoms with Crippen LogP contribution in [0.25, 0.3) is 43.8 Å². The molecule has 0 amide bonds. The topological polar surface area (TPSA) is 18.5 Å². The molecule has 0 aromatic heterocycles. The zero-order valence-corrected chi connectivity index (χ0v) is 41.2. The van der Waals surface area contributed by atoms with Crippen LogP contribution in [0.3, 0.4) is 0 Å². The van der Waals surface area contributed by atoms with Gasteiger partial charge in [-0.2, -0.15) is 10.4 Å². The van der Waals surface area contributed by atoms with Crippen LogP contribution in [-0.2, 0) is 49.9 Å². The second kappa shape index (κ2) is 18.1. The van der Waals surface area contributed by atoms with Gasteiger partial charge in [0.2, 0.25) is 0 Å². The largest absolute Gasteiger partial charge is 4.00 e. The molecule has 6 rings (SSSR count). The summed E-state index contributed by atoms with van der Waals surface area (Å²) in [6, 6.07) is 32.0. The maximum atomic E-state index is 6.51. The summed E-state index contributed by atoms with van der Waals surface area (Å²) in [5, 5.41) is 8.51. The first kappa shape index (κ1) is 47.8. The average Bonchev–Trinajstić information content (AvgIpc) is 3.63. The maximum absolute atomic E-state index is 6.51. The molecule has 0 fully saturated rings. The SMILES string of the molecule is COc1c(C(C)(C)C)cc2[cH-]c(CC(C)C)c([Si](C)(C)c3c(CC(C)C)[cH-]c4cc(C(C)(C)C)c(OC)c(-c5ccccc5)c34)c2c1-c1ccccc1.[Cl-].[Cl-].[Zr+4]. The number of hydrogen-bond acceptors (Lipinski definition) is 2. The molecule has 0 aliphatic rings. The minimum atomic E-state index is -2.54. The van der Waals surface area contributed by atoms with E-state index in [0.717, 1.165) is 24.3 Å². The van der Waals surface area contributed by atoms with E-state index in [2.05, 4.69) is 167 Å². The molecule has 0 atom stereocenters. The molecular weight excluding hydrogens is 823 g/mol. The molecule has 2 nitrogen and oxygen atoms in total. The van der Waals surface area contributed by atoms with E-state index in [9.17, 15) is 0 Å². The smallest absolute Gasteiger partial charge is 1.00 e. The molecular formula is C50H62Cl2O2SiZr. The van der Waals surface area contributed by atoms with Gasteiger partial charge in [-0.05, 0) is 68.9 Å². The van der Waals surface area contributed by atoms with Crippen molar-refractivity contribution in [2.45, 2.75) is 106 Å². The van der Waals surface area contributed by atoms with Crippen molar-refractivity contribution in [3.63, 3.8) is 0 Å². The zero-order chi connectivity index (χ0) is 38.6. The van der Waals surface area contributed by atoms with E-state index < -0.39 is 8.07 Å². The summed E-state index contributed by atoms with van der Waals surface area (Å²) in [6.07, 6.45) is 2.06. The molecule has 0 aliphatic carbocycles.